The van der Waals surface area contributed by atoms with E-state index in [0.29, 0.717) is 38.6 Å². The lowest BCUT2D eigenvalue weighted by Gasteiger charge is -2.31. The third-order valence-electron chi connectivity index (χ3n) is 3.29. The van der Waals surface area contributed by atoms with E-state index in [1.807, 2.05) is 0 Å². The predicted molar refractivity (Wildman–Crippen MR) is 68.2 cm³/mol. The second-order valence-electron chi connectivity index (χ2n) is 4.58. The van der Waals surface area contributed by atoms with Crippen LogP contribution in [0.3, 0.4) is 0 Å². The Hall–Kier alpha value is -0.170. The van der Waals surface area contributed by atoms with Crippen molar-refractivity contribution in [2.45, 2.75) is 25.7 Å². The molecule has 0 aliphatic carbocycles. The standard InChI is InChI=1S/C11H24N2O3S/c1-16-9-2-10-17(14,15)13-7-4-11(3-6-12)5-8-13/h11H,2-10,12H2,1H3. The molecule has 1 aliphatic heterocycles. The van der Waals surface area contributed by atoms with Gasteiger partial charge in [-0.15, -0.1) is 0 Å². The zero-order chi connectivity index (χ0) is 12.7. The van der Waals surface area contributed by atoms with Crippen LogP contribution in [0, 0.1) is 5.92 Å². The van der Waals surface area contributed by atoms with Crippen molar-refractivity contribution in [3.8, 4) is 0 Å². The quantitative estimate of drug-likeness (QED) is 0.676. The Kier molecular flexibility index (Phi) is 6.40. The Bertz CT molecular complexity index is 298. The van der Waals surface area contributed by atoms with Crippen LogP contribution in [0.5, 0.6) is 0 Å². The van der Waals surface area contributed by atoms with E-state index < -0.39 is 10.0 Å². The molecular formula is C11H24N2O3S. The van der Waals surface area contributed by atoms with Crippen molar-refractivity contribution in [2.75, 3.05) is 39.1 Å². The number of hydrogen-bond donors (Lipinski definition) is 1. The van der Waals surface area contributed by atoms with Crippen molar-refractivity contribution in [1.82, 2.24) is 4.31 Å². The highest BCUT2D eigenvalue weighted by molar-refractivity contribution is 7.89. The van der Waals surface area contributed by atoms with E-state index in [9.17, 15) is 8.42 Å². The van der Waals surface area contributed by atoms with E-state index in [4.69, 9.17) is 10.5 Å². The van der Waals surface area contributed by atoms with Crippen LogP contribution in [-0.4, -0.2) is 51.8 Å². The van der Waals surface area contributed by atoms with E-state index in [0.717, 1.165) is 19.3 Å². The molecule has 0 bridgehead atoms. The Morgan fingerprint density at radius 3 is 2.53 bits per heavy atom. The molecule has 102 valence electrons. The highest BCUT2D eigenvalue weighted by atomic mass is 32.2. The molecule has 0 spiro atoms. The Morgan fingerprint density at radius 2 is 2.00 bits per heavy atom. The molecule has 6 heteroatoms. The lowest BCUT2D eigenvalue weighted by Crippen LogP contribution is -2.40. The summed E-state index contributed by atoms with van der Waals surface area (Å²) in [7, 11) is -1.48. The summed E-state index contributed by atoms with van der Waals surface area (Å²) in [5, 5.41) is 0. The number of sulfonamides is 1. The van der Waals surface area contributed by atoms with Crippen molar-refractivity contribution in [3.05, 3.63) is 0 Å². The van der Waals surface area contributed by atoms with Crippen LogP contribution < -0.4 is 5.73 Å². The molecule has 1 rings (SSSR count). The average molecular weight is 264 g/mol. The predicted octanol–water partition coefficient (Wildman–Crippen LogP) is 0.414. The fraction of sp³-hybridized carbons (Fsp3) is 1.00. The summed E-state index contributed by atoms with van der Waals surface area (Å²) in [6.07, 6.45) is 3.47. The molecule has 5 nitrogen and oxygen atoms in total. The minimum Gasteiger partial charge on any atom is -0.385 e. The SMILES string of the molecule is COCCCS(=O)(=O)N1CCC(CCN)CC1. The summed E-state index contributed by atoms with van der Waals surface area (Å²) >= 11 is 0. The largest absolute Gasteiger partial charge is 0.385 e. The van der Waals surface area contributed by atoms with Crippen LogP contribution in [0.4, 0.5) is 0 Å². The number of piperidine rings is 1. The van der Waals surface area contributed by atoms with Crippen molar-refractivity contribution < 1.29 is 13.2 Å². The van der Waals surface area contributed by atoms with Gasteiger partial charge in [-0.1, -0.05) is 0 Å². The molecule has 0 amide bonds. The minimum atomic E-state index is -3.07. The molecule has 1 aliphatic rings. The van der Waals surface area contributed by atoms with Crippen LogP contribution in [0.2, 0.25) is 0 Å². The molecule has 2 N–H and O–H groups in total. The first-order valence-corrected chi connectivity index (χ1v) is 7.88. The maximum Gasteiger partial charge on any atom is 0.214 e. The summed E-state index contributed by atoms with van der Waals surface area (Å²) in [6, 6.07) is 0. The van der Waals surface area contributed by atoms with E-state index in [-0.39, 0.29) is 5.75 Å². The van der Waals surface area contributed by atoms with Gasteiger partial charge in [-0.2, -0.15) is 0 Å². The van der Waals surface area contributed by atoms with Gasteiger partial charge in [0.1, 0.15) is 0 Å². The van der Waals surface area contributed by atoms with Gasteiger partial charge >= 0.3 is 0 Å². The number of nitrogens with two attached hydrogens (primary N) is 1. The zero-order valence-electron chi connectivity index (χ0n) is 10.6. The molecule has 1 saturated heterocycles. The number of rotatable bonds is 7. The van der Waals surface area contributed by atoms with Gasteiger partial charge in [0.25, 0.3) is 0 Å². The summed E-state index contributed by atoms with van der Waals surface area (Å²) in [5.41, 5.74) is 5.52. The lowest BCUT2D eigenvalue weighted by atomic mass is 9.95. The third-order valence-corrected chi connectivity index (χ3v) is 5.25. The van der Waals surface area contributed by atoms with Gasteiger partial charge in [-0.05, 0) is 38.1 Å². The van der Waals surface area contributed by atoms with Crippen LogP contribution in [0.15, 0.2) is 0 Å². The van der Waals surface area contributed by atoms with Crippen molar-refractivity contribution in [1.29, 1.82) is 0 Å². The van der Waals surface area contributed by atoms with Gasteiger partial charge in [-0.3, -0.25) is 0 Å². The normalized spacial score (nSPS) is 19.6. The monoisotopic (exact) mass is 264 g/mol. The van der Waals surface area contributed by atoms with E-state index in [1.54, 1.807) is 11.4 Å². The van der Waals surface area contributed by atoms with Crippen LogP contribution >= 0.6 is 0 Å². The van der Waals surface area contributed by atoms with Crippen LogP contribution in [0.25, 0.3) is 0 Å². The maximum absolute atomic E-state index is 12.0. The molecule has 17 heavy (non-hydrogen) atoms. The fourth-order valence-corrected chi connectivity index (χ4v) is 3.73. The smallest absolute Gasteiger partial charge is 0.214 e. The second-order valence-corrected chi connectivity index (χ2v) is 6.67. The first-order chi connectivity index (χ1) is 8.10. The summed E-state index contributed by atoms with van der Waals surface area (Å²) in [6.45, 7) is 2.51. The molecule has 0 unspecified atom stereocenters. The topological polar surface area (TPSA) is 72.6 Å². The van der Waals surface area contributed by atoms with Crippen molar-refractivity contribution in [3.63, 3.8) is 0 Å². The van der Waals surface area contributed by atoms with Crippen molar-refractivity contribution >= 4 is 10.0 Å². The number of ether oxygens (including phenoxy) is 1. The molecule has 0 atom stereocenters. The maximum atomic E-state index is 12.0. The van der Waals surface area contributed by atoms with Gasteiger partial charge < -0.3 is 10.5 Å². The summed E-state index contributed by atoms with van der Waals surface area (Å²) in [4.78, 5) is 0. The Balaban J connectivity index is 2.36. The van der Waals surface area contributed by atoms with E-state index in [1.165, 1.54) is 0 Å². The zero-order valence-corrected chi connectivity index (χ0v) is 11.4. The molecule has 0 aromatic carbocycles. The fourth-order valence-electron chi connectivity index (χ4n) is 2.23. The third kappa shape index (κ3) is 4.91. The Labute approximate surface area is 104 Å². The number of hydrogen-bond acceptors (Lipinski definition) is 4. The molecule has 0 aromatic rings. The molecule has 0 saturated carbocycles. The first-order valence-electron chi connectivity index (χ1n) is 6.27. The molecule has 1 fully saturated rings. The molecule has 1 heterocycles. The van der Waals surface area contributed by atoms with Gasteiger partial charge in [0.15, 0.2) is 0 Å². The van der Waals surface area contributed by atoms with Crippen LogP contribution in [0.1, 0.15) is 25.7 Å². The first kappa shape index (κ1) is 14.9. The van der Waals surface area contributed by atoms with Gasteiger partial charge in [0, 0.05) is 26.8 Å². The number of nitrogens with zero attached hydrogens (tertiary/aromatic N) is 1. The highest BCUT2D eigenvalue weighted by Crippen LogP contribution is 2.22. The number of methoxy groups -OCH3 is 1. The highest BCUT2D eigenvalue weighted by Gasteiger charge is 2.26. The van der Waals surface area contributed by atoms with E-state index in [2.05, 4.69) is 0 Å². The average Bonchev–Trinajstić information content (AvgIpc) is 2.30. The van der Waals surface area contributed by atoms with Gasteiger partial charge in [-0.25, -0.2) is 12.7 Å². The molecular weight excluding hydrogens is 240 g/mol. The van der Waals surface area contributed by atoms with Gasteiger partial charge in [0.05, 0.1) is 5.75 Å². The molecule has 0 aromatic heterocycles. The lowest BCUT2D eigenvalue weighted by molar-refractivity contribution is 0.198. The van der Waals surface area contributed by atoms with E-state index >= 15 is 0 Å². The summed E-state index contributed by atoms with van der Waals surface area (Å²) < 4.78 is 30.4. The Morgan fingerprint density at radius 1 is 1.35 bits per heavy atom. The van der Waals surface area contributed by atoms with Crippen LogP contribution in [-0.2, 0) is 14.8 Å². The van der Waals surface area contributed by atoms with Gasteiger partial charge in [0.2, 0.25) is 10.0 Å². The summed E-state index contributed by atoms with van der Waals surface area (Å²) in [5.74, 6) is 0.799. The minimum absolute atomic E-state index is 0.197. The molecule has 0 radical (unpaired) electrons. The van der Waals surface area contributed by atoms with Crippen molar-refractivity contribution in [2.24, 2.45) is 11.7 Å². The second kappa shape index (κ2) is 7.31.